The van der Waals surface area contributed by atoms with E-state index in [1.54, 1.807) is 18.2 Å². The summed E-state index contributed by atoms with van der Waals surface area (Å²) >= 11 is 11.8. The lowest BCUT2D eigenvalue weighted by Gasteiger charge is -2.12. The van der Waals surface area contributed by atoms with E-state index >= 15 is 0 Å². The molecule has 4 heteroatoms. The third-order valence-corrected chi connectivity index (χ3v) is 2.41. The summed E-state index contributed by atoms with van der Waals surface area (Å²) in [5.41, 5.74) is 12.1. The molecule has 2 nitrogen and oxygen atoms in total. The molecule has 0 bridgehead atoms. The van der Waals surface area contributed by atoms with E-state index in [2.05, 4.69) is 0 Å². The lowest BCUT2D eigenvalue weighted by atomic mass is 10.1. The molecule has 4 N–H and O–H groups in total. The van der Waals surface area contributed by atoms with Gasteiger partial charge in [-0.2, -0.15) is 0 Å². The van der Waals surface area contributed by atoms with E-state index < -0.39 is 0 Å². The molecule has 0 aliphatic rings. The zero-order valence-corrected chi connectivity index (χ0v) is 8.65. The van der Waals surface area contributed by atoms with Crippen molar-refractivity contribution in [3.05, 3.63) is 33.8 Å². The fourth-order valence-corrected chi connectivity index (χ4v) is 1.57. The molecule has 0 saturated carbocycles. The van der Waals surface area contributed by atoms with Crippen molar-refractivity contribution in [2.75, 3.05) is 6.54 Å². The highest BCUT2D eigenvalue weighted by molar-refractivity contribution is 6.33. The van der Waals surface area contributed by atoms with Crippen molar-refractivity contribution in [1.29, 1.82) is 0 Å². The van der Waals surface area contributed by atoms with Gasteiger partial charge in [0.15, 0.2) is 0 Å². The minimum atomic E-state index is -0.129. The monoisotopic (exact) mass is 218 g/mol. The third-order valence-electron chi connectivity index (χ3n) is 1.84. The normalized spacial score (nSPS) is 12.9. The van der Waals surface area contributed by atoms with Crippen molar-refractivity contribution in [2.24, 2.45) is 11.5 Å². The van der Waals surface area contributed by atoms with Gasteiger partial charge in [-0.15, -0.1) is 0 Å². The first kappa shape index (κ1) is 10.8. The lowest BCUT2D eigenvalue weighted by molar-refractivity contribution is 0.661. The summed E-state index contributed by atoms with van der Waals surface area (Å²) < 4.78 is 0. The van der Waals surface area contributed by atoms with Crippen LogP contribution in [-0.2, 0) is 0 Å². The number of benzene rings is 1. The minimum Gasteiger partial charge on any atom is -0.330 e. The molecule has 0 amide bonds. The van der Waals surface area contributed by atoms with E-state index in [9.17, 15) is 0 Å². The number of hydrogen-bond donors (Lipinski definition) is 2. The van der Waals surface area contributed by atoms with Crippen molar-refractivity contribution in [1.82, 2.24) is 0 Å². The van der Waals surface area contributed by atoms with Gasteiger partial charge in [0, 0.05) is 16.1 Å². The molecule has 1 atom stereocenters. The number of hydrogen-bond acceptors (Lipinski definition) is 2. The van der Waals surface area contributed by atoms with Crippen LogP contribution in [0.4, 0.5) is 0 Å². The van der Waals surface area contributed by atoms with Gasteiger partial charge in [-0.25, -0.2) is 0 Å². The molecule has 0 spiro atoms. The quantitative estimate of drug-likeness (QED) is 0.819. The molecule has 0 heterocycles. The Morgan fingerprint density at radius 2 is 2.00 bits per heavy atom. The van der Waals surface area contributed by atoms with Gasteiger partial charge in [0.25, 0.3) is 0 Å². The number of nitrogens with two attached hydrogens (primary N) is 2. The van der Waals surface area contributed by atoms with Gasteiger partial charge >= 0.3 is 0 Å². The number of halogens is 2. The Bertz CT molecular complexity index is 289. The van der Waals surface area contributed by atoms with Crippen LogP contribution >= 0.6 is 23.2 Å². The SMILES string of the molecule is NCC[C@@H](N)c1cc(Cl)ccc1Cl. The summed E-state index contributed by atoms with van der Waals surface area (Å²) in [5, 5.41) is 1.29. The van der Waals surface area contributed by atoms with Gasteiger partial charge in [-0.05, 0) is 36.7 Å². The molecule has 0 aliphatic heterocycles. The van der Waals surface area contributed by atoms with E-state index in [1.165, 1.54) is 0 Å². The van der Waals surface area contributed by atoms with Crippen LogP contribution in [0.1, 0.15) is 18.0 Å². The van der Waals surface area contributed by atoms with Crippen molar-refractivity contribution in [3.63, 3.8) is 0 Å². The maximum absolute atomic E-state index is 5.95. The summed E-state index contributed by atoms with van der Waals surface area (Å²) in [5.74, 6) is 0. The van der Waals surface area contributed by atoms with Crippen LogP contribution in [0.5, 0.6) is 0 Å². The second kappa shape index (κ2) is 4.82. The Morgan fingerprint density at radius 3 is 2.62 bits per heavy atom. The summed E-state index contributed by atoms with van der Waals surface area (Å²) in [6, 6.07) is 5.14. The van der Waals surface area contributed by atoms with Crippen LogP contribution in [-0.4, -0.2) is 6.54 Å². The van der Waals surface area contributed by atoms with Crippen LogP contribution in [0.15, 0.2) is 18.2 Å². The maximum Gasteiger partial charge on any atom is 0.0454 e. The molecule has 1 aromatic rings. The van der Waals surface area contributed by atoms with E-state index in [0.717, 1.165) is 5.56 Å². The smallest absolute Gasteiger partial charge is 0.0454 e. The van der Waals surface area contributed by atoms with E-state index in [4.69, 9.17) is 34.7 Å². The van der Waals surface area contributed by atoms with Crippen LogP contribution in [0.3, 0.4) is 0 Å². The predicted molar refractivity (Wildman–Crippen MR) is 57.1 cm³/mol. The fourth-order valence-electron chi connectivity index (χ4n) is 1.13. The summed E-state index contributed by atoms with van der Waals surface area (Å²) in [7, 11) is 0. The molecule has 0 aliphatic carbocycles. The lowest BCUT2D eigenvalue weighted by Crippen LogP contribution is -2.15. The van der Waals surface area contributed by atoms with E-state index in [-0.39, 0.29) is 6.04 Å². The highest BCUT2D eigenvalue weighted by Crippen LogP contribution is 2.26. The summed E-state index contributed by atoms with van der Waals surface area (Å²) in [6.07, 6.45) is 0.708. The molecule has 72 valence electrons. The second-order valence-electron chi connectivity index (χ2n) is 2.85. The van der Waals surface area contributed by atoms with Crippen LogP contribution in [0.25, 0.3) is 0 Å². The Labute approximate surface area is 87.8 Å². The predicted octanol–water partition coefficient (Wildman–Crippen LogP) is 2.34. The Morgan fingerprint density at radius 1 is 1.31 bits per heavy atom. The molecule has 1 aromatic carbocycles. The van der Waals surface area contributed by atoms with Gasteiger partial charge in [-0.1, -0.05) is 23.2 Å². The van der Waals surface area contributed by atoms with Gasteiger partial charge in [0.05, 0.1) is 0 Å². The fraction of sp³-hybridized carbons (Fsp3) is 0.333. The van der Waals surface area contributed by atoms with Gasteiger partial charge in [-0.3, -0.25) is 0 Å². The van der Waals surface area contributed by atoms with Crippen LogP contribution in [0.2, 0.25) is 10.0 Å². The largest absolute Gasteiger partial charge is 0.330 e. The van der Waals surface area contributed by atoms with Crippen LogP contribution < -0.4 is 11.5 Å². The zero-order chi connectivity index (χ0) is 9.84. The average molecular weight is 219 g/mol. The van der Waals surface area contributed by atoms with Crippen molar-refractivity contribution in [2.45, 2.75) is 12.5 Å². The number of rotatable bonds is 3. The molecule has 0 unspecified atom stereocenters. The van der Waals surface area contributed by atoms with Crippen molar-refractivity contribution in [3.8, 4) is 0 Å². The molecule has 0 aromatic heterocycles. The Kier molecular flexibility index (Phi) is 4.00. The highest BCUT2D eigenvalue weighted by atomic mass is 35.5. The molecule has 13 heavy (non-hydrogen) atoms. The average Bonchev–Trinajstić information content (AvgIpc) is 2.09. The molecule has 0 radical (unpaired) electrons. The van der Waals surface area contributed by atoms with Crippen LogP contribution in [0, 0.1) is 0 Å². The standard InChI is InChI=1S/C9H12Cl2N2/c10-6-1-2-8(11)7(5-6)9(13)3-4-12/h1-2,5,9H,3-4,12-13H2/t9-/m1/s1. The van der Waals surface area contributed by atoms with Crippen molar-refractivity contribution >= 4 is 23.2 Å². The Balaban J connectivity index is 2.91. The zero-order valence-electron chi connectivity index (χ0n) is 7.13. The van der Waals surface area contributed by atoms with Crippen molar-refractivity contribution < 1.29 is 0 Å². The summed E-state index contributed by atoms with van der Waals surface area (Å²) in [6.45, 7) is 0.546. The topological polar surface area (TPSA) is 52.0 Å². The summed E-state index contributed by atoms with van der Waals surface area (Å²) in [4.78, 5) is 0. The second-order valence-corrected chi connectivity index (χ2v) is 3.69. The van der Waals surface area contributed by atoms with E-state index in [1.807, 2.05) is 0 Å². The maximum atomic E-state index is 5.95. The van der Waals surface area contributed by atoms with Gasteiger partial charge in [0.1, 0.15) is 0 Å². The van der Waals surface area contributed by atoms with Gasteiger partial charge in [0.2, 0.25) is 0 Å². The highest BCUT2D eigenvalue weighted by Gasteiger charge is 2.09. The van der Waals surface area contributed by atoms with E-state index in [0.29, 0.717) is 23.0 Å². The first-order valence-electron chi connectivity index (χ1n) is 4.05. The third kappa shape index (κ3) is 2.85. The molecular weight excluding hydrogens is 207 g/mol. The molecule has 0 fully saturated rings. The molecule has 1 rings (SSSR count). The van der Waals surface area contributed by atoms with Gasteiger partial charge < -0.3 is 11.5 Å². The first-order chi connectivity index (χ1) is 6.15. The minimum absolute atomic E-state index is 0.129. The molecule has 0 saturated heterocycles. The first-order valence-corrected chi connectivity index (χ1v) is 4.81. The Hall–Kier alpha value is -0.280. The molecular formula is C9H12Cl2N2.